The summed E-state index contributed by atoms with van der Waals surface area (Å²) in [5, 5.41) is 18.6. The topological polar surface area (TPSA) is 79.3 Å². The summed E-state index contributed by atoms with van der Waals surface area (Å²) in [4.78, 5) is 0. The van der Waals surface area contributed by atoms with Gasteiger partial charge in [-0.3, -0.25) is 0 Å². The van der Waals surface area contributed by atoms with Crippen molar-refractivity contribution in [2.75, 3.05) is 12.3 Å². The van der Waals surface area contributed by atoms with E-state index in [0.717, 1.165) is 6.07 Å². The molecule has 0 saturated heterocycles. The van der Waals surface area contributed by atoms with Crippen molar-refractivity contribution in [2.45, 2.75) is 6.10 Å². The van der Waals surface area contributed by atoms with Gasteiger partial charge in [0, 0.05) is 11.8 Å². The van der Waals surface area contributed by atoms with Gasteiger partial charge in [0.15, 0.2) is 0 Å². The van der Waals surface area contributed by atoms with Crippen LogP contribution >= 0.6 is 0 Å². The molecule has 0 aromatic heterocycles. The van der Waals surface area contributed by atoms with Gasteiger partial charge in [0.2, 0.25) is 0 Å². The molecule has 0 heterocycles. The van der Waals surface area contributed by atoms with Crippen LogP contribution in [0.2, 0.25) is 0 Å². The molecule has 0 aliphatic carbocycles. The zero-order valence-corrected chi connectivity index (χ0v) is 10.6. The Morgan fingerprint density at radius 3 is 2.75 bits per heavy atom. The summed E-state index contributed by atoms with van der Waals surface area (Å²) in [6.45, 7) is -0.0329. The van der Waals surface area contributed by atoms with Gasteiger partial charge in [0.1, 0.15) is 30.3 Å². The van der Waals surface area contributed by atoms with Gasteiger partial charge in [-0.1, -0.05) is 12.1 Å². The number of aliphatic hydroxyl groups is 1. The van der Waals surface area contributed by atoms with Crippen LogP contribution in [-0.4, -0.2) is 11.7 Å². The number of benzene rings is 2. The van der Waals surface area contributed by atoms with E-state index in [9.17, 15) is 9.50 Å². The zero-order valence-electron chi connectivity index (χ0n) is 10.6. The Balaban J connectivity index is 2.02. The Bertz CT molecular complexity index is 653. The molecule has 1 atom stereocenters. The van der Waals surface area contributed by atoms with Gasteiger partial charge >= 0.3 is 0 Å². The number of anilines is 1. The maximum Gasteiger partial charge on any atom is 0.144 e. The summed E-state index contributed by atoms with van der Waals surface area (Å²) in [5.41, 5.74) is 6.75. The van der Waals surface area contributed by atoms with Gasteiger partial charge in [-0.05, 0) is 29.8 Å². The second-order valence-corrected chi connectivity index (χ2v) is 4.25. The lowest BCUT2D eigenvalue weighted by Crippen LogP contribution is -2.10. The number of ether oxygens (including phenoxy) is 1. The number of nitrogens with zero attached hydrogens (tertiary/aromatic N) is 1. The molecule has 2 aromatic carbocycles. The summed E-state index contributed by atoms with van der Waals surface area (Å²) < 4.78 is 18.7. The van der Waals surface area contributed by atoms with Crippen LogP contribution in [0.15, 0.2) is 42.5 Å². The fourth-order valence-electron chi connectivity index (χ4n) is 1.71. The third-order valence-corrected chi connectivity index (χ3v) is 2.76. The van der Waals surface area contributed by atoms with E-state index in [4.69, 9.17) is 15.7 Å². The van der Waals surface area contributed by atoms with Crippen molar-refractivity contribution >= 4 is 5.69 Å². The summed E-state index contributed by atoms with van der Waals surface area (Å²) in [6.07, 6.45) is -0.864. The molecule has 0 spiro atoms. The first kappa shape index (κ1) is 13.8. The molecule has 3 N–H and O–H groups in total. The molecular weight excluding hydrogens is 259 g/mol. The molecule has 2 aromatic rings. The van der Waals surface area contributed by atoms with E-state index in [1.54, 1.807) is 30.3 Å². The Morgan fingerprint density at radius 2 is 2.10 bits per heavy atom. The predicted octanol–water partition coefficient (Wildman–Crippen LogP) is 2.39. The minimum atomic E-state index is -0.864. The van der Waals surface area contributed by atoms with Crippen molar-refractivity contribution in [2.24, 2.45) is 0 Å². The number of nitrogen functional groups attached to an aromatic ring is 1. The minimum Gasteiger partial charge on any atom is -0.490 e. The number of rotatable bonds is 4. The van der Waals surface area contributed by atoms with Gasteiger partial charge in [-0.2, -0.15) is 5.26 Å². The van der Waals surface area contributed by atoms with E-state index in [0.29, 0.717) is 11.3 Å². The number of aliphatic hydroxyl groups excluding tert-OH is 1. The fraction of sp³-hybridized carbons (Fsp3) is 0.133. The van der Waals surface area contributed by atoms with E-state index in [-0.39, 0.29) is 17.9 Å². The Hall–Kier alpha value is -2.58. The Morgan fingerprint density at radius 1 is 1.30 bits per heavy atom. The van der Waals surface area contributed by atoms with Crippen molar-refractivity contribution < 1.29 is 14.2 Å². The molecule has 20 heavy (non-hydrogen) atoms. The second-order valence-electron chi connectivity index (χ2n) is 4.25. The van der Waals surface area contributed by atoms with Crippen LogP contribution in [0.4, 0.5) is 10.1 Å². The summed E-state index contributed by atoms with van der Waals surface area (Å²) in [7, 11) is 0. The molecule has 102 valence electrons. The largest absolute Gasteiger partial charge is 0.490 e. The van der Waals surface area contributed by atoms with Crippen LogP contribution in [0.25, 0.3) is 0 Å². The first-order valence-electron chi connectivity index (χ1n) is 5.96. The highest BCUT2D eigenvalue weighted by Crippen LogP contribution is 2.20. The third-order valence-electron chi connectivity index (χ3n) is 2.76. The van der Waals surface area contributed by atoms with E-state index < -0.39 is 11.9 Å². The molecule has 0 fully saturated rings. The molecule has 1 unspecified atom stereocenters. The molecule has 0 aliphatic heterocycles. The molecule has 0 bridgehead atoms. The van der Waals surface area contributed by atoms with Gasteiger partial charge in [-0.25, -0.2) is 4.39 Å². The number of nitrogens with two attached hydrogens (primary N) is 1. The smallest absolute Gasteiger partial charge is 0.144 e. The van der Waals surface area contributed by atoms with Crippen LogP contribution in [0, 0.1) is 17.1 Å². The van der Waals surface area contributed by atoms with Gasteiger partial charge in [0.05, 0.1) is 5.56 Å². The quantitative estimate of drug-likeness (QED) is 0.837. The lowest BCUT2D eigenvalue weighted by molar-refractivity contribution is 0.108. The van der Waals surface area contributed by atoms with Crippen molar-refractivity contribution in [3.05, 3.63) is 59.4 Å². The summed E-state index contributed by atoms with van der Waals surface area (Å²) >= 11 is 0. The van der Waals surface area contributed by atoms with Crippen LogP contribution < -0.4 is 10.5 Å². The first-order valence-corrected chi connectivity index (χ1v) is 5.96. The van der Waals surface area contributed by atoms with Crippen molar-refractivity contribution in [1.29, 1.82) is 5.26 Å². The molecule has 2 rings (SSSR count). The Labute approximate surface area is 115 Å². The first-order chi connectivity index (χ1) is 9.60. The maximum atomic E-state index is 13.4. The highest BCUT2D eigenvalue weighted by Gasteiger charge is 2.10. The Kier molecular flexibility index (Phi) is 4.18. The fourth-order valence-corrected chi connectivity index (χ4v) is 1.71. The average Bonchev–Trinajstić information content (AvgIpc) is 2.45. The van der Waals surface area contributed by atoms with Gasteiger partial charge in [-0.15, -0.1) is 0 Å². The van der Waals surface area contributed by atoms with Crippen LogP contribution in [0.1, 0.15) is 17.2 Å². The molecule has 5 heteroatoms. The summed E-state index contributed by atoms with van der Waals surface area (Å²) in [6, 6.07) is 12.5. The zero-order chi connectivity index (χ0) is 14.5. The standard InChI is InChI=1S/C15H13FN2O2/c16-14-7-13(5-4-11(14)8-17)20-9-15(19)10-2-1-3-12(18)6-10/h1-7,15,19H,9,18H2. The van der Waals surface area contributed by atoms with Crippen LogP contribution in [0.3, 0.4) is 0 Å². The highest BCUT2D eigenvalue weighted by molar-refractivity contribution is 5.41. The molecule has 0 radical (unpaired) electrons. The molecule has 0 amide bonds. The van der Waals surface area contributed by atoms with E-state index >= 15 is 0 Å². The molecular formula is C15H13FN2O2. The molecule has 4 nitrogen and oxygen atoms in total. The van der Waals surface area contributed by atoms with E-state index in [2.05, 4.69) is 0 Å². The van der Waals surface area contributed by atoms with E-state index in [1.165, 1.54) is 12.1 Å². The van der Waals surface area contributed by atoms with Crippen molar-refractivity contribution in [3.8, 4) is 11.8 Å². The second kappa shape index (κ2) is 6.04. The minimum absolute atomic E-state index is 0.0329. The van der Waals surface area contributed by atoms with E-state index in [1.807, 2.05) is 0 Å². The lowest BCUT2D eigenvalue weighted by atomic mass is 10.1. The molecule has 0 saturated carbocycles. The molecule has 0 aliphatic rings. The highest BCUT2D eigenvalue weighted by atomic mass is 19.1. The lowest BCUT2D eigenvalue weighted by Gasteiger charge is -2.13. The average molecular weight is 272 g/mol. The number of halogens is 1. The SMILES string of the molecule is N#Cc1ccc(OCC(O)c2cccc(N)c2)cc1F. The van der Waals surface area contributed by atoms with Crippen molar-refractivity contribution in [3.63, 3.8) is 0 Å². The number of hydrogen-bond acceptors (Lipinski definition) is 4. The monoisotopic (exact) mass is 272 g/mol. The maximum absolute atomic E-state index is 13.4. The van der Waals surface area contributed by atoms with Crippen LogP contribution in [0.5, 0.6) is 5.75 Å². The predicted molar refractivity (Wildman–Crippen MR) is 72.4 cm³/mol. The number of nitriles is 1. The van der Waals surface area contributed by atoms with Crippen LogP contribution in [-0.2, 0) is 0 Å². The normalized spacial score (nSPS) is 11.7. The third kappa shape index (κ3) is 3.25. The van der Waals surface area contributed by atoms with Gasteiger partial charge < -0.3 is 15.6 Å². The summed E-state index contributed by atoms with van der Waals surface area (Å²) in [5.74, 6) is -0.395. The van der Waals surface area contributed by atoms with Crippen molar-refractivity contribution in [1.82, 2.24) is 0 Å². The van der Waals surface area contributed by atoms with Gasteiger partial charge in [0.25, 0.3) is 0 Å². The number of hydrogen-bond donors (Lipinski definition) is 2.